The van der Waals surface area contributed by atoms with Crippen LogP contribution in [0.4, 0.5) is 5.69 Å². The van der Waals surface area contributed by atoms with Gasteiger partial charge in [0.05, 0.1) is 35.8 Å². The van der Waals surface area contributed by atoms with Gasteiger partial charge in [-0.2, -0.15) is 9.78 Å². The fourth-order valence-electron chi connectivity index (χ4n) is 4.37. The molecule has 3 aromatic carbocycles. The van der Waals surface area contributed by atoms with Gasteiger partial charge in [0.1, 0.15) is 5.75 Å². The molecule has 0 spiro atoms. The van der Waals surface area contributed by atoms with E-state index < -0.39 is 28.7 Å². The first-order chi connectivity index (χ1) is 20.0. The SMILES string of the molecule is CCOc1cc(C)c(-c2nc3ccccc3c(=O)n2N=Cc2cc(Br)cc([N+](=O)[O-])c2OCC(=O)OC)cc1C(C)C. The van der Waals surface area contributed by atoms with Crippen LogP contribution in [0, 0.1) is 17.0 Å². The van der Waals surface area contributed by atoms with Crippen LogP contribution in [0.1, 0.15) is 43.4 Å². The Balaban J connectivity index is 1.97. The van der Waals surface area contributed by atoms with Crippen LogP contribution in [-0.4, -0.2) is 47.1 Å². The van der Waals surface area contributed by atoms with E-state index in [1.807, 2.05) is 39.8 Å². The van der Waals surface area contributed by atoms with E-state index in [2.05, 4.69) is 25.8 Å². The Labute approximate surface area is 250 Å². The Bertz CT molecular complexity index is 1770. The lowest BCUT2D eigenvalue weighted by Gasteiger charge is -2.18. The number of fused-ring (bicyclic) bond motifs is 1. The van der Waals surface area contributed by atoms with E-state index in [4.69, 9.17) is 14.5 Å². The molecule has 1 heterocycles. The zero-order valence-corrected chi connectivity index (χ0v) is 25.3. The molecule has 0 saturated carbocycles. The smallest absolute Gasteiger partial charge is 0.343 e. The molecule has 4 aromatic rings. The zero-order valence-electron chi connectivity index (χ0n) is 23.7. The van der Waals surface area contributed by atoms with Crippen molar-refractivity contribution in [2.75, 3.05) is 20.3 Å². The zero-order chi connectivity index (χ0) is 30.6. The van der Waals surface area contributed by atoms with Crippen LogP contribution in [-0.2, 0) is 9.53 Å². The van der Waals surface area contributed by atoms with Gasteiger partial charge in [0, 0.05) is 21.7 Å². The van der Waals surface area contributed by atoms with E-state index in [-0.39, 0.29) is 23.1 Å². The van der Waals surface area contributed by atoms with Crippen molar-refractivity contribution in [3.8, 4) is 22.9 Å². The number of hydrogen-bond donors (Lipinski definition) is 0. The molecule has 11 nitrogen and oxygen atoms in total. The van der Waals surface area contributed by atoms with E-state index in [0.29, 0.717) is 27.5 Å². The van der Waals surface area contributed by atoms with Gasteiger partial charge in [-0.15, -0.1) is 0 Å². The number of carbonyl (C=O) groups excluding carboxylic acids is 1. The van der Waals surface area contributed by atoms with Crippen LogP contribution < -0.4 is 15.0 Å². The molecule has 1 aromatic heterocycles. The molecule has 218 valence electrons. The second-order valence-electron chi connectivity index (χ2n) is 9.57. The van der Waals surface area contributed by atoms with Gasteiger partial charge >= 0.3 is 11.7 Å². The van der Waals surface area contributed by atoms with Gasteiger partial charge in [0.25, 0.3) is 5.56 Å². The summed E-state index contributed by atoms with van der Waals surface area (Å²) in [5, 5.41) is 16.6. The van der Waals surface area contributed by atoms with Crippen molar-refractivity contribution >= 4 is 44.7 Å². The molecule has 0 atom stereocenters. The van der Waals surface area contributed by atoms with Crippen LogP contribution in [0.3, 0.4) is 0 Å². The van der Waals surface area contributed by atoms with Gasteiger partial charge in [-0.25, -0.2) is 9.78 Å². The summed E-state index contributed by atoms with van der Waals surface area (Å²) in [5.74, 6) is 0.214. The maximum Gasteiger partial charge on any atom is 0.343 e. The van der Waals surface area contributed by atoms with Gasteiger partial charge < -0.3 is 14.2 Å². The lowest BCUT2D eigenvalue weighted by molar-refractivity contribution is -0.385. The van der Waals surface area contributed by atoms with Gasteiger partial charge in [-0.1, -0.05) is 41.9 Å². The van der Waals surface area contributed by atoms with Crippen molar-refractivity contribution in [1.29, 1.82) is 0 Å². The monoisotopic (exact) mass is 636 g/mol. The molecule has 0 unspecified atom stereocenters. The van der Waals surface area contributed by atoms with Crippen LogP contribution in [0.2, 0.25) is 0 Å². The summed E-state index contributed by atoms with van der Waals surface area (Å²) in [4.78, 5) is 41.5. The van der Waals surface area contributed by atoms with Crippen LogP contribution in [0.15, 0.2) is 62.9 Å². The second kappa shape index (κ2) is 12.9. The molecular weight excluding hydrogens is 608 g/mol. The number of nitro benzene ring substituents is 1. The first-order valence-electron chi connectivity index (χ1n) is 13.1. The Morgan fingerprint density at radius 3 is 2.60 bits per heavy atom. The minimum atomic E-state index is -0.723. The number of benzene rings is 3. The number of esters is 1. The van der Waals surface area contributed by atoms with Crippen LogP contribution >= 0.6 is 15.9 Å². The average Bonchev–Trinajstić information content (AvgIpc) is 2.95. The number of para-hydroxylation sites is 1. The Morgan fingerprint density at radius 1 is 1.19 bits per heavy atom. The first-order valence-corrected chi connectivity index (χ1v) is 13.9. The highest BCUT2D eigenvalue weighted by Gasteiger charge is 2.23. The lowest BCUT2D eigenvalue weighted by Crippen LogP contribution is -2.21. The minimum absolute atomic E-state index is 0.117. The summed E-state index contributed by atoms with van der Waals surface area (Å²) in [5.41, 5.74) is 2.23. The predicted octanol–water partition coefficient (Wildman–Crippen LogP) is 6.00. The molecule has 0 fully saturated rings. The molecular formula is C30H29BrN4O7. The van der Waals surface area contributed by atoms with E-state index in [0.717, 1.165) is 21.6 Å². The number of aryl methyl sites for hydroxylation is 1. The standard InChI is InChI=1S/C30H29BrN4O7/c1-6-41-26-11-18(4)23(14-22(26)17(2)3)29-33-24-10-8-7-9-21(24)30(37)34(29)32-15-19-12-20(31)13-25(35(38)39)28(19)42-16-27(36)40-5/h7-15,17H,6,16H2,1-5H3. The third-order valence-corrected chi connectivity index (χ3v) is 6.87. The molecule has 0 aliphatic carbocycles. The molecule has 12 heteroatoms. The Kier molecular flexibility index (Phi) is 9.36. The quantitative estimate of drug-likeness (QED) is 0.0895. The van der Waals surface area contributed by atoms with Crippen molar-refractivity contribution in [2.45, 2.75) is 33.6 Å². The normalized spacial score (nSPS) is 11.3. The van der Waals surface area contributed by atoms with E-state index in [1.165, 1.54) is 25.5 Å². The number of rotatable bonds is 10. The van der Waals surface area contributed by atoms with Gasteiger partial charge in [0.2, 0.25) is 5.75 Å². The van der Waals surface area contributed by atoms with Crippen LogP contribution in [0.5, 0.6) is 11.5 Å². The number of carbonyl (C=O) groups is 1. The largest absolute Gasteiger partial charge is 0.494 e. The molecule has 0 amide bonds. The molecule has 0 radical (unpaired) electrons. The van der Waals surface area contributed by atoms with Gasteiger partial charge in [-0.3, -0.25) is 14.9 Å². The van der Waals surface area contributed by atoms with Crippen molar-refractivity contribution in [2.24, 2.45) is 5.10 Å². The Morgan fingerprint density at radius 2 is 1.93 bits per heavy atom. The predicted molar refractivity (Wildman–Crippen MR) is 163 cm³/mol. The number of aromatic nitrogens is 2. The first kappa shape index (κ1) is 30.4. The number of methoxy groups -OCH3 is 1. The highest BCUT2D eigenvalue weighted by atomic mass is 79.9. The van der Waals surface area contributed by atoms with Crippen LogP contribution in [0.25, 0.3) is 22.3 Å². The topological polar surface area (TPSA) is 135 Å². The summed E-state index contributed by atoms with van der Waals surface area (Å²) < 4.78 is 17.5. The average molecular weight is 637 g/mol. The van der Waals surface area contributed by atoms with Crippen molar-refractivity contribution in [3.05, 3.63) is 90.2 Å². The number of ether oxygens (including phenoxy) is 3. The van der Waals surface area contributed by atoms with E-state index >= 15 is 0 Å². The highest BCUT2D eigenvalue weighted by molar-refractivity contribution is 9.10. The molecule has 0 bridgehead atoms. The van der Waals surface area contributed by atoms with E-state index in [9.17, 15) is 19.7 Å². The summed E-state index contributed by atoms with van der Waals surface area (Å²) in [6.45, 7) is 7.85. The van der Waals surface area contributed by atoms with E-state index in [1.54, 1.807) is 24.3 Å². The molecule has 0 aliphatic rings. The summed E-state index contributed by atoms with van der Waals surface area (Å²) in [7, 11) is 1.18. The molecule has 4 rings (SSSR count). The summed E-state index contributed by atoms with van der Waals surface area (Å²) in [6.07, 6.45) is 1.26. The third kappa shape index (κ3) is 6.33. The van der Waals surface area contributed by atoms with Crippen molar-refractivity contribution < 1.29 is 23.9 Å². The number of hydrogen-bond acceptors (Lipinski definition) is 9. The molecule has 42 heavy (non-hydrogen) atoms. The highest BCUT2D eigenvalue weighted by Crippen LogP contribution is 2.36. The second-order valence-corrected chi connectivity index (χ2v) is 10.5. The van der Waals surface area contributed by atoms with Gasteiger partial charge in [0.15, 0.2) is 12.4 Å². The number of halogens is 1. The van der Waals surface area contributed by atoms with Crippen molar-refractivity contribution in [1.82, 2.24) is 9.66 Å². The molecule has 0 aliphatic heterocycles. The lowest BCUT2D eigenvalue weighted by atomic mass is 9.96. The number of nitrogens with zero attached hydrogens (tertiary/aromatic N) is 4. The summed E-state index contributed by atoms with van der Waals surface area (Å²) >= 11 is 3.28. The Hall–Kier alpha value is -4.58. The maximum atomic E-state index is 13.8. The fraction of sp³-hybridized carbons (Fsp3) is 0.267. The van der Waals surface area contributed by atoms with Crippen molar-refractivity contribution in [3.63, 3.8) is 0 Å². The minimum Gasteiger partial charge on any atom is -0.494 e. The third-order valence-electron chi connectivity index (χ3n) is 6.41. The fourth-order valence-corrected chi connectivity index (χ4v) is 4.84. The molecule has 0 N–H and O–H groups in total. The molecule has 0 saturated heterocycles. The maximum absolute atomic E-state index is 13.8. The summed E-state index contributed by atoms with van der Waals surface area (Å²) in [6, 6.07) is 13.6. The van der Waals surface area contributed by atoms with Gasteiger partial charge in [-0.05, 0) is 61.2 Å². The number of nitro groups is 1.